The quantitative estimate of drug-likeness (QED) is 0.604. The molecule has 0 fully saturated rings. The van der Waals surface area contributed by atoms with Crippen molar-refractivity contribution in [2.45, 2.75) is 25.8 Å². The molecule has 4 N–H and O–H groups in total. The number of primary amides is 1. The number of carbonyl (C=O) groups excluding carboxylic acids is 2. The molecule has 0 unspecified atom stereocenters. The largest absolute Gasteiger partial charge is 0.370 e. The normalized spacial score (nSPS) is 11.1. The summed E-state index contributed by atoms with van der Waals surface area (Å²) >= 11 is 0. The first-order chi connectivity index (χ1) is 6.91. The molecule has 0 saturated heterocycles. The summed E-state index contributed by atoms with van der Waals surface area (Å²) < 4.78 is 0. The fraction of sp³-hybridized carbons (Fsp3) is 0.500. The standard InChI is InChI=1S/C8H13N5O2/c1-8(2,3-6(9)14)11-7(15)5-4-10-13-12-5/h4H,3H2,1-2H3,(H2,9,14)(H,11,15)(H,10,12,13). The Labute approximate surface area is 86.4 Å². The Morgan fingerprint density at radius 2 is 2.27 bits per heavy atom. The van der Waals surface area contributed by atoms with Gasteiger partial charge in [0, 0.05) is 12.0 Å². The summed E-state index contributed by atoms with van der Waals surface area (Å²) in [6.07, 6.45) is 1.37. The molecule has 0 aliphatic carbocycles. The van der Waals surface area contributed by atoms with E-state index in [-0.39, 0.29) is 12.1 Å². The molecule has 0 aliphatic rings. The lowest BCUT2D eigenvalue weighted by atomic mass is 10.0. The van der Waals surface area contributed by atoms with Crippen molar-refractivity contribution >= 4 is 11.8 Å². The summed E-state index contributed by atoms with van der Waals surface area (Å²) in [7, 11) is 0. The molecule has 0 bridgehead atoms. The van der Waals surface area contributed by atoms with E-state index < -0.39 is 17.4 Å². The number of nitrogens with two attached hydrogens (primary N) is 1. The van der Waals surface area contributed by atoms with Gasteiger partial charge in [0.15, 0.2) is 5.69 Å². The Morgan fingerprint density at radius 1 is 1.60 bits per heavy atom. The summed E-state index contributed by atoms with van der Waals surface area (Å²) in [6, 6.07) is 0. The number of H-pyrrole nitrogens is 1. The lowest BCUT2D eigenvalue weighted by Gasteiger charge is -2.23. The number of hydrogen-bond acceptors (Lipinski definition) is 4. The van der Waals surface area contributed by atoms with Crippen molar-refractivity contribution in [2.24, 2.45) is 5.73 Å². The van der Waals surface area contributed by atoms with Gasteiger partial charge in [-0.1, -0.05) is 0 Å². The summed E-state index contributed by atoms with van der Waals surface area (Å²) in [5.74, 6) is -0.865. The lowest BCUT2D eigenvalue weighted by molar-refractivity contribution is -0.119. The zero-order chi connectivity index (χ0) is 11.5. The zero-order valence-electron chi connectivity index (χ0n) is 8.57. The van der Waals surface area contributed by atoms with Crippen LogP contribution in [0.4, 0.5) is 0 Å². The molecule has 0 saturated carbocycles. The van der Waals surface area contributed by atoms with Crippen molar-refractivity contribution in [2.75, 3.05) is 0 Å². The van der Waals surface area contributed by atoms with Crippen molar-refractivity contribution in [3.8, 4) is 0 Å². The highest BCUT2D eigenvalue weighted by atomic mass is 16.2. The van der Waals surface area contributed by atoms with Crippen LogP contribution in [-0.2, 0) is 4.79 Å². The third-order valence-electron chi connectivity index (χ3n) is 1.72. The smallest absolute Gasteiger partial charge is 0.273 e. The highest BCUT2D eigenvalue weighted by Gasteiger charge is 2.24. The Kier molecular flexibility index (Phi) is 3.03. The van der Waals surface area contributed by atoms with Crippen molar-refractivity contribution < 1.29 is 9.59 Å². The molecule has 0 atom stereocenters. The Hall–Kier alpha value is -1.92. The van der Waals surface area contributed by atoms with Crippen LogP contribution < -0.4 is 11.1 Å². The maximum atomic E-state index is 11.5. The van der Waals surface area contributed by atoms with Crippen molar-refractivity contribution in [3.05, 3.63) is 11.9 Å². The average molecular weight is 211 g/mol. The van der Waals surface area contributed by atoms with Crippen LogP contribution in [0.5, 0.6) is 0 Å². The molecule has 0 aromatic carbocycles. The second-order valence-corrected chi connectivity index (χ2v) is 3.84. The number of rotatable bonds is 4. The second kappa shape index (κ2) is 4.07. The predicted molar refractivity (Wildman–Crippen MR) is 51.7 cm³/mol. The SMILES string of the molecule is CC(C)(CC(N)=O)NC(=O)c1cn[nH]n1. The van der Waals surface area contributed by atoms with Gasteiger partial charge in [0.2, 0.25) is 5.91 Å². The fourth-order valence-corrected chi connectivity index (χ4v) is 1.16. The number of nitrogens with zero attached hydrogens (tertiary/aromatic N) is 2. The lowest BCUT2D eigenvalue weighted by Crippen LogP contribution is -2.46. The van der Waals surface area contributed by atoms with E-state index in [1.54, 1.807) is 13.8 Å². The van der Waals surface area contributed by atoms with Gasteiger partial charge in [0.05, 0.1) is 6.20 Å². The molecule has 7 nitrogen and oxygen atoms in total. The highest BCUT2D eigenvalue weighted by molar-refractivity contribution is 5.92. The van der Waals surface area contributed by atoms with Crippen LogP contribution >= 0.6 is 0 Å². The predicted octanol–water partition coefficient (Wildman–Crippen LogP) is -0.811. The van der Waals surface area contributed by atoms with Gasteiger partial charge in [0.25, 0.3) is 5.91 Å². The van der Waals surface area contributed by atoms with Gasteiger partial charge in [-0.25, -0.2) is 0 Å². The van der Waals surface area contributed by atoms with E-state index in [4.69, 9.17) is 5.73 Å². The molecule has 0 radical (unpaired) electrons. The van der Waals surface area contributed by atoms with Gasteiger partial charge in [-0.05, 0) is 13.8 Å². The number of amides is 2. The fourth-order valence-electron chi connectivity index (χ4n) is 1.16. The van der Waals surface area contributed by atoms with Crippen LogP contribution in [0.2, 0.25) is 0 Å². The van der Waals surface area contributed by atoms with Gasteiger partial charge in [-0.15, -0.1) is 0 Å². The molecular formula is C8H13N5O2. The molecule has 1 aromatic rings. The molecule has 1 aromatic heterocycles. The van der Waals surface area contributed by atoms with Crippen LogP contribution in [-0.4, -0.2) is 32.8 Å². The summed E-state index contributed by atoms with van der Waals surface area (Å²) in [6.45, 7) is 3.41. The van der Waals surface area contributed by atoms with E-state index in [0.717, 1.165) is 0 Å². The number of nitrogens with one attached hydrogen (secondary N) is 2. The van der Waals surface area contributed by atoms with E-state index in [9.17, 15) is 9.59 Å². The zero-order valence-corrected chi connectivity index (χ0v) is 8.57. The van der Waals surface area contributed by atoms with Crippen LogP contribution in [0.25, 0.3) is 0 Å². The summed E-state index contributed by atoms with van der Waals surface area (Å²) in [5.41, 5.74) is 4.53. The van der Waals surface area contributed by atoms with Gasteiger partial charge >= 0.3 is 0 Å². The first kappa shape index (κ1) is 11.2. The minimum Gasteiger partial charge on any atom is -0.370 e. The van der Waals surface area contributed by atoms with Crippen molar-refractivity contribution in [1.82, 2.24) is 20.7 Å². The van der Waals surface area contributed by atoms with Crippen molar-refractivity contribution in [3.63, 3.8) is 0 Å². The van der Waals surface area contributed by atoms with E-state index in [2.05, 4.69) is 20.7 Å². The van der Waals surface area contributed by atoms with Gasteiger partial charge in [-0.2, -0.15) is 15.4 Å². The Morgan fingerprint density at radius 3 is 2.73 bits per heavy atom. The van der Waals surface area contributed by atoms with Gasteiger partial charge < -0.3 is 11.1 Å². The Balaban J connectivity index is 2.61. The highest BCUT2D eigenvalue weighted by Crippen LogP contribution is 2.08. The number of carbonyl (C=O) groups is 2. The average Bonchev–Trinajstić information content (AvgIpc) is 2.50. The first-order valence-corrected chi connectivity index (χ1v) is 4.37. The molecular weight excluding hydrogens is 198 g/mol. The minimum absolute atomic E-state index is 0.0661. The molecule has 82 valence electrons. The van der Waals surface area contributed by atoms with E-state index >= 15 is 0 Å². The van der Waals surface area contributed by atoms with Crippen molar-refractivity contribution in [1.29, 1.82) is 0 Å². The summed E-state index contributed by atoms with van der Waals surface area (Å²) in [5, 5.41) is 12.1. The first-order valence-electron chi connectivity index (χ1n) is 4.37. The maximum Gasteiger partial charge on any atom is 0.273 e. The number of hydrogen-bond donors (Lipinski definition) is 3. The molecule has 0 aliphatic heterocycles. The number of aromatic amines is 1. The van der Waals surface area contributed by atoms with Gasteiger partial charge in [0.1, 0.15) is 0 Å². The molecule has 0 spiro atoms. The summed E-state index contributed by atoms with van der Waals surface area (Å²) in [4.78, 5) is 22.2. The second-order valence-electron chi connectivity index (χ2n) is 3.84. The molecule has 7 heteroatoms. The third-order valence-corrected chi connectivity index (χ3v) is 1.72. The van der Waals surface area contributed by atoms with Crippen LogP contribution in [0, 0.1) is 0 Å². The van der Waals surface area contributed by atoms with E-state index in [0.29, 0.717) is 0 Å². The topological polar surface area (TPSA) is 114 Å². The van der Waals surface area contributed by atoms with E-state index in [1.807, 2.05) is 0 Å². The van der Waals surface area contributed by atoms with Crippen LogP contribution in [0.3, 0.4) is 0 Å². The monoisotopic (exact) mass is 211 g/mol. The maximum absolute atomic E-state index is 11.5. The minimum atomic E-state index is -0.693. The molecule has 2 amide bonds. The van der Waals surface area contributed by atoms with Gasteiger partial charge in [-0.3, -0.25) is 9.59 Å². The van der Waals surface area contributed by atoms with Crippen LogP contribution in [0.15, 0.2) is 6.20 Å². The van der Waals surface area contributed by atoms with Crippen LogP contribution in [0.1, 0.15) is 30.8 Å². The number of aromatic nitrogens is 3. The third kappa shape index (κ3) is 3.37. The Bertz CT molecular complexity index is 357. The van der Waals surface area contributed by atoms with E-state index in [1.165, 1.54) is 6.20 Å². The molecule has 1 heterocycles. The molecule has 1 rings (SSSR count). The molecule has 15 heavy (non-hydrogen) atoms.